The highest BCUT2D eigenvalue weighted by atomic mass is 35.5. The van der Waals surface area contributed by atoms with Crippen molar-refractivity contribution >= 4 is 23.4 Å². The molecule has 0 heterocycles. The molecule has 18 heavy (non-hydrogen) atoms. The Kier molecular flexibility index (Phi) is 4.78. The van der Waals surface area contributed by atoms with Gasteiger partial charge >= 0.3 is 5.97 Å². The molecule has 0 aromatic heterocycles. The van der Waals surface area contributed by atoms with Crippen molar-refractivity contribution in [3.63, 3.8) is 0 Å². The van der Waals surface area contributed by atoms with Crippen molar-refractivity contribution in [1.29, 1.82) is 0 Å². The number of hydrogen-bond acceptors (Lipinski definition) is 3. The lowest BCUT2D eigenvalue weighted by molar-refractivity contribution is -0.141. The van der Waals surface area contributed by atoms with Gasteiger partial charge in [-0.2, -0.15) is 0 Å². The molecule has 98 valence electrons. The molecule has 0 fully saturated rings. The number of hydrogen-bond donors (Lipinski definition) is 0. The van der Waals surface area contributed by atoms with E-state index in [0.717, 1.165) is 0 Å². The molecule has 0 N–H and O–H groups in total. The number of rotatable bonds is 4. The summed E-state index contributed by atoms with van der Waals surface area (Å²) in [5.41, 5.74) is -0.384. The Hall–Kier alpha value is -1.49. The Bertz CT molecular complexity index is 501. The zero-order valence-corrected chi connectivity index (χ0v) is 10.6. The van der Waals surface area contributed by atoms with Crippen LogP contribution in [0.3, 0.4) is 0 Å². The topological polar surface area (TPSA) is 43.4 Å². The van der Waals surface area contributed by atoms with Crippen molar-refractivity contribution in [2.24, 2.45) is 0 Å². The van der Waals surface area contributed by atoms with Crippen molar-refractivity contribution in [3.8, 4) is 0 Å². The first-order chi connectivity index (χ1) is 8.38. The number of ether oxygens (including phenoxy) is 1. The van der Waals surface area contributed by atoms with Crippen molar-refractivity contribution in [1.82, 2.24) is 0 Å². The van der Waals surface area contributed by atoms with E-state index in [2.05, 4.69) is 4.74 Å². The summed E-state index contributed by atoms with van der Waals surface area (Å²) in [6.07, 6.45) is -0.557. The summed E-state index contributed by atoms with van der Waals surface area (Å²) in [6, 6.07) is 0.687. The molecule has 6 heteroatoms. The van der Waals surface area contributed by atoms with E-state index in [0.29, 0.717) is 6.07 Å². The average molecular weight is 277 g/mol. The first-order valence-corrected chi connectivity index (χ1v) is 5.59. The fourth-order valence-corrected chi connectivity index (χ4v) is 1.62. The molecule has 1 rings (SSSR count). The summed E-state index contributed by atoms with van der Waals surface area (Å²) in [5.74, 6) is -3.72. The van der Waals surface area contributed by atoms with Crippen LogP contribution >= 0.6 is 11.6 Å². The highest BCUT2D eigenvalue weighted by Gasteiger charge is 2.21. The molecular formula is C12H11ClF2O3. The zero-order chi connectivity index (χ0) is 13.9. The predicted octanol–water partition coefficient (Wildman–Crippen LogP) is 3.06. The molecule has 0 aliphatic carbocycles. The van der Waals surface area contributed by atoms with Crippen molar-refractivity contribution in [3.05, 3.63) is 33.9 Å². The molecule has 0 radical (unpaired) electrons. The number of esters is 1. The first kappa shape index (κ1) is 14.6. The standard InChI is InChI=1S/C12H11ClF2O3/c1-3-18-10(17)5-9(16)7-4-8(14)12(15)6(2)11(7)13/h4H,3,5H2,1-2H3. The lowest BCUT2D eigenvalue weighted by Crippen LogP contribution is -2.13. The minimum absolute atomic E-state index is 0.136. The van der Waals surface area contributed by atoms with Crippen LogP contribution < -0.4 is 0 Å². The lowest BCUT2D eigenvalue weighted by Gasteiger charge is -2.08. The minimum atomic E-state index is -1.18. The summed E-state index contributed by atoms with van der Waals surface area (Å²) in [4.78, 5) is 22.8. The number of benzene rings is 1. The minimum Gasteiger partial charge on any atom is -0.466 e. The Morgan fingerprint density at radius 2 is 2.00 bits per heavy atom. The van der Waals surface area contributed by atoms with E-state index in [9.17, 15) is 18.4 Å². The fraction of sp³-hybridized carbons (Fsp3) is 0.333. The quantitative estimate of drug-likeness (QED) is 0.367. The second kappa shape index (κ2) is 5.91. The van der Waals surface area contributed by atoms with Crippen LogP contribution in [0.25, 0.3) is 0 Å². The van der Waals surface area contributed by atoms with Crippen LogP contribution in [0, 0.1) is 18.6 Å². The molecule has 1 aromatic carbocycles. The third-order valence-electron chi connectivity index (χ3n) is 2.29. The first-order valence-electron chi connectivity index (χ1n) is 5.21. The van der Waals surface area contributed by atoms with Crippen molar-refractivity contribution in [2.75, 3.05) is 6.61 Å². The van der Waals surface area contributed by atoms with E-state index in [1.165, 1.54) is 6.92 Å². The van der Waals surface area contributed by atoms with Crippen LogP contribution in [0.1, 0.15) is 29.3 Å². The second-order valence-corrected chi connectivity index (χ2v) is 3.94. The summed E-state index contributed by atoms with van der Waals surface area (Å²) in [7, 11) is 0. The zero-order valence-electron chi connectivity index (χ0n) is 9.85. The number of halogens is 3. The Labute approximate surface area is 108 Å². The molecule has 0 amide bonds. The van der Waals surface area contributed by atoms with Gasteiger partial charge in [0.15, 0.2) is 17.4 Å². The summed E-state index contributed by atoms with van der Waals surface area (Å²) >= 11 is 5.75. The second-order valence-electron chi connectivity index (χ2n) is 3.56. The van der Waals surface area contributed by atoms with Gasteiger partial charge in [0.25, 0.3) is 0 Å². The number of ketones is 1. The third-order valence-corrected chi connectivity index (χ3v) is 2.77. The van der Waals surface area contributed by atoms with Crippen LogP contribution in [-0.4, -0.2) is 18.4 Å². The maximum atomic E-state index is 13.2. The molecule has 0 aliphatic rings. The van der Waals surface area contributed by atoms with Crippen molar-refractivity contribution in [2.45, 2.75) is 20.3 Å². The van der Waals surface area contributed by atoms with Crippen LogP contribution in [0.2, 0.25) is 5.02 Å². The highest BCUT2D eigenvalue weighted by molar-refractivity contribution is 6.35. The van der Waals surface area contributed by atoms with E-state index in [-0.39, 0.29) is 22.8 Å². The fourth-order valence-electron chi connectivity index (χ4n) is 1.37. The van der Waals surface area contributed by atoms with Gasteiger partial charge in [0.2, 0.25) is 0 Å². The van der Waals surface area contributed by atoms with E-state index in [4.69, 9.17) is 11.6 Å². The maximum absolute atomic E-state index is 13.2. The van der Waals surface area contributed by atoms with Gasteiger partial charge in [-0.1, -0.05) is 11.6 Å². The Morgan fingerprint density at radius 3 is 2.56 bits per heavy atom. The van der Waals surface area contributed by atoms with Gasteiger partial charge in [-0.25, -0.2) is 8.78 Å². The molecule has 1 aromatic rings. The molecule has 0 aliphatic heterocycles. The molecular weight excluding hydrogens is 266 g/mol. The number of Topliss-reactive ketones (excluding diaryl/α,β-unsaturated/α-hetero) is 1. The number of carbonyl (C=O) groups is 2. The van der Waals surface area contributed by atoms with Gasteiger partial charge in [-0.3, -0.25) is 9.59 Å². The van der Waals surface area contributed by atoms with Crippen LogP contribution in [0.5, 0.6) is 0 Å². The van der Waals surface area contributed by atoms with E-state index in [1.54, 1.807) is 6.92 Å². The monoisotopic (exact) mass is 276 g/mol. The Balaban J connectivity index is 3.04. The molecule has 0 bridgehead atoms. The molecule has 0 spiro atoms. The molecule has 0 unspecified atom stereocenters. The van der Waals surface area contributed by atoms with Gasteiger partial charge in [0.1, 0.15) is 6.42 Å². The van der Waals surface area contributed by atoms with Crippen LogP contribution in [-0.2, 0) is 9.53 Å². The largest absolute Gasteiger partial charge is 0.466 e. The van der Waals surface area contributed by atoms with Crippen LogP contribution in [0.4, 0.5) is 8.78 Å². The normalized spacial score (nSPS) is 10.3. The van der Waals surface area contributed by atoms with Crippen LogP contribution in [0.15, 0.2) is 6.07 Å². The van der Waals surface area contributed by atoms with Gasteiger partial charge in [0.05, 0.1) is 11.6 Å². The lowest BCUT2D eigenvalue weighted by atomic mass is 10.0. The summed E-state index contributed by atoms with van der Waals surface area (Å²) < 4.78 is 30.9. The summed E-state index contributed by atoms with van der Waals surface area (Å²) in [5, 5.41) is -0.191. The number of carbonyl (C=O) groups excluding carboxylic acids is 2. The molecule has 0 saturated carbocycles. The maximum Gasteiger partial charge on any atom is 0.313 e. The SMILES string of the molecule is CCOC(=O)CC(=O)c1cc(F)c(F)c(C)c1Cl. The highest BCUT2D eigenvalue weighted by Crippen LogP contribution is 2.26. The third kappa shape index (κ3) is 3.04. The van der Waals surface area contributed by atoms with E-state index >= 15 is 0 Å². The molecule has 0 atom stereocenters. The Morgan fingerprint density at radius 1 is 1.39 bits per heavy atom. The van der Waals surface area contributed by atoms with E-state index in [1.807, 2.05) is 0 Å². The van der Waals surface area contributed by atoms with Gasteiger partial charge in [-0.15, -0.1) is 0 Å². The van der Waals surface area contributed by atoms with Gasteiger partial charge in [0, 0.05) is 11.1 Å². The van der Waals surface area contributed by atoms with E-state index < -0.39 is 29.8 Å². The summed E-state index contributed by atoms with van der Waals surface area (Å²) in [6.45, 7) is 2.98. The predicted molar refractivity (Wildman–Crippen MR) is 61.7 cm³/mol. The van der Waals surface area contributed by atoms with Crippen molar-refractivity contribution < 1.29 is 23.1 Å². The van der Waals surface area contributed by atoms with Gasteiger partial charge in [-0.05, 0) is 19.9 Å². The van der Waals surface area contributed by atoms with Gasteiger partial charge < -0.3 is 4.74 Å². The average Bonchev–Trinajstić information content (AvgIpc) is 2.31. The smallest absolute Gasteiger partial charge is 0.313 e. The molecule has 3 nitrogen and oxygen atoms in total. The molecule has 0 saturated heterocycles.